The summed E-state index contributed by atoms with van der Waals surface area (Å²) in [5.74, 6) is 1.59. The van der Waals surface area contributed by atoms with E-state index >= 15 is 0 Å². The summed E-state index contributed by atoms with van der Waals surface area (Å²) < 4.78 is 2.12. The van der Waals surface area contributed by atoms with Crippen molar-refractivity contribution in [2.24, 2.45) is 5.92 Å². The second-order valence-corrected chi connectivity index (χ2v) is 8.72. The maximum absolute atomic E-state index is 4.92. The summed E-state index contributed by atoms with van der Waals surface area (Å²) in [6.45, 7) is 6.13. The summed E-state index contributed by atoms with van der Waals surface area (Å²) in [6, 6.07) is 0. The number of hydrogen-bond acceptors (Lipinski definition) is 6. The average molecular weight is 363 g/mol. The third kappa shape index (κ3) is 2.49. The zero-order chi connectivity index (χ0) is 16.0. The Hall–Kier alpha value is -1.05. The van der Waals surface area contributed by atoms with Crippen LogP contribution in [0.5, 0.6) is 0 Å². The molecule has 1 atom stereocenters. The molecule has 120 valence electrons. The molecule has 4 nitrogen and oxygen atoms in total. The lowest BCUT2D eigenvalue weighted by Gasteiger charge is -2.17. The van der Waals surface area contributed by atoms with Crippen molar-refractivity contribution in [3.63, 3.8) is 0 Å². The van der Waals surface area contributed by atoms with E-state index in [-0.39, 0.29) is 0 Å². The van der Waals surface area contributed by atoms with Gasteiger partial charge in [-0.15, -0.1) is 28.1 Å². The molecule has 0 radical (unpaired) electrons. The van der Waals surface area contributed by atoms with Gasteiger partial charge in [0.05, 0.1) is 5.39 Å². The molecule has 3 aromatic rings. The molecule has 0 unspecified atom stereocenters. The van der Waals surface area contributed by atoms with Crippen LogP contribution >= 0.6 is 34.9 Å². The second-order valence-electron chi connectivity index (χ2n) is 5.87. The number of aromatic nitrogens is 4. The zero-order valence-corrected chi connectivity index (χ0v) is 15.7. The van der Waals surface area contributed by atoms with Gasteiger partial charge in [0.2, 0.25) is 0 Å². The Balaban J connectivity index is 1.99. The fourth-order valence-corrected chi connectivity index (χ4v) is 5.85. The average Bonchev–Trinajstić information content (AvgIpc) is 3.12. The second kappa shape index (κ2) is 6.11. The monoisotopic (exact) mass is 362 g/mol. The van der Waals surface area contributed by atoms with E-state index in [2.05, 4.69) is 34.4 Å². The molecule has 0 aliphatic heterocycles. The fraction of sp³-hybridized carbons (Fsp3) is 0.438. The summed E-state index contributed by atoms with van der Waals surface area (Å²) in [7, 11) is 0. The highest BCUT2D eigenvalue weighted by atomic mass is 32.2. The van der Waals surface area contributed by atoms with Crippen LogP contribution in [-0.2, 0) is 12.8 Å². The predicted molar refractivity (Wildman–Crippen MR) is 100 cm³/mol. The number of nitrogens with zero attached hydrogens (tertiary/aromatic N) is 4. The third-order valence-electron chi connectivity index (χ3n) is 4.25. The van der Waals surface area contributed by atoms with Crippen LogP contribution in [0.15, 0.2) is 23.0 Å². The predicted octanol–water partition coefficient (Wildman–Crippen LogP) is 4.46. The standard InChI is InChI=1S/C16H18N4S3/c1-4-7-22-16-19-18-13-12-10-6-5-9(2)8-11(10)23-14(12)17-15(21-3)20(13)16/h4,9H,1,5-8H2,2-3H3/t9-/m1/s1. The summed E-state index contributed by atoms with van der Waals surface area (Å²) in [5.41, 5.74) is 2.43. The molecule has 0 spiro atoms. The first-order valence-corrected chi connectivity index (χ1v) is 10.7. The highest BCUT2D eigenvalue weighted by Crippen LogP contribution is 2.40. The van der Waals surface area contributed by atoms with Gasteiger partial charge >= 0.3 is 0 Å². The zero-order valence-electron chi connectivity index (χ0n) is 13.2. The third-order valence-corrected chi connectivity index (χ3v) is 6.96. The molecule has 0 saturated heterocycles. The Labute approximate surface area is 147 Å². The maximum Gasteiger partial charge on any atom is 0.198 e. The van der Waals surface area contributed by atoms with Gasteiger partial charge in [0.25, 0.3) is 0 Å². The van der Waals surface area contributed by atoms with E-state index in [0.717, 1.165) is 38.9 Å². The molecular formula is C16H18N4S3. The fourth-order valence-electron chi connectivity index (χ4n) is 3.15. The molecule has 3 heterocycles. The summed E-state index contributed by atoms with van der Waals surface area (Å²) in [5, 5.41) is 12.0. The van der Waals surface area contributed by atoms with Gasteiger partial charge in [-0.1, -0.05) is 36.5 Å². The van der Waals surface area contributed by atoms with Crippen LogP contribution in [0.4, 0.5) is 0 Å². The van der Waals surface area contributed by atoms with Crippen molar-refractivity contribution < 1.29 is 0 Å². The van der Waals surface area contributed by atoms with Gasteiger partial charge in [-0.3, -0.25) is 0 Å². The molecule has 4 rings (SSSR count). The lowest BCUT2D eigenvalue weighted by Crippen LogP contribution is -2.08. The van der Waals surface area contributed by atoms with Crippen LogP contribution < -0.4 is 0 Å². The van der Waals surface area contributed by atoms with E-state index < -0.39 is 0 Å². The molecule has 0 bridgehead atoms. The topological polar surface area (TPSA) is 43.1 Å². The van der Waals surface area contributed by atoms with E-state index in [4.69, 9.17) is 4.98 Å². The Morgan fingerprint density at radius 3 is 3.04 bits per heavy atom. The van der Waals surface area contributed by atoms with Gasteiger partial charge in [0.15, 0.2) is 16.0 Å². The number of fused-ring (bicyclic) bond motifs is 5. The van der Waals surface area contributed by atoms with Crippen molar-refractivity contribution in [3.8, 4) is 0 Å². The lowest BCUT2D eigenvalue weighted by molar-refractivity contribution is 0.509. The van der Waals surface area contributed by atoms with Gasteiger partial charge < -0.3 is 0 Å². The first-order chi connectivity index (χ1) is 11.2. The molecule has 0 N–H and O–H groups in total. The first kappa shape index (κ1) is 15.5. The van der Waals surface area contributed by atoms with Crippen LogP contribution in [-0.4, -0.2) is 31.6 Å². The van der Waals surface area contributed by atoms with Crippen molar-refractivity contribution >= 4 is 50.7 Å². The van der Waals surface area contributed by atoms with Gasteiger partial charge in [-0.05, 0) is 37.0 Å². The smallest absolute Gasteiger partial charge is 0.198 e. The number of rotatable bonds is 4. The Bertz CT molecular complexity index is 896. The molecule has 1 aliphatic rings. The minimum absolute atomic E-state index is 0.767. The summed E-state index contributed by atoms with van der Waals surface area (Å²) in [4.78, 5) is 7.53. The van der Waals surface area contributed by atoms with Crippen molar-refractivity contribution in [3.05, 3.63) is 23.1 Å². The minimum Gasteiger partial charge on any atom is -0.248 e. The largest absolute Gasteiger partial charge is 0.248 e. The Morgan fingerprint density at radius 1 is 1.39 bits per heavy atom. The molecule has 1 aliphatic carbocycles. The SMILES string of the molecule is C=CCSc1nnc2c3c4c(sc3nc(SC)n12)C[C@H](C)CC4. The molecule has 0 fully saturated rings. The molecule has 7 heteroatoms. The molecule has 0 saturated carbocycles. The molecule has 23 heavy (non-hydrogen) atoms. The highest BCUT2D eigenvalue weighted by molar-refractivity contribution is 7.99. The molecular weight excluding hydrogens is 344 g/mol. The first-order valence-electron chi connectivity index (χ1n) is 7.70. The van der Waals surface area contributed by atoms with Crippen molar-refractivity contribution in [1.82, 2.24) is 19.6 Å². The normalized spacial score (nSPS) is 17.7. The highest BCUT2D eigenvalue weighted by Gasteiger charge is 2.25. The van der Waals surface area contributed by atoms with Crippen molar-refractivity contribution in [2.45, 2.75) is 36.5 Å². The van der Waals surface area contributed by atoms with Gasteiger partial charge in [0.1, 0.15) is 4.83 Å². The van der Waals surface area contributed by atoms with Crippen LogP contribution in [0.25, 0.3) is 15.9 Å². The van der Waals surface area contributed by atoms with E-state index in [1.165, 1.54) is 28.7 Å². The van der Waals surface area contributed by atoms with Gasteiger partial charge in [-0.25, -0.2) is 9.38 Å². The Kier molecular flexibility index (Phi) is 4.11. The summed E-state index contributed by atoms with van der Waals surface area (Å²) >= 11 is 5.15. The van der Waals surface area contributed by atoms with E-state index in [0.29, 0.717) is 0 Å². The summed E-state index contributed by atoms with van der Waals surface area (Å²) in [6.07, 6.45) is 7.51. The number of hydrogen-bond donors (Lipinski definition) is 0. The van der Waals surface area contributed by atoms with Gasteiger partial charge in [-0.2, -0.15) is 0 Å². The molecule has 0 amide bonds. The Morgan fingerprint density at radius 2 is 2.26 bits per heavy atom. The van der Waals surface area contributed by atoms with Crippen LogP contribution in [0.2, 0.25) is 0 Å². The minimum atomic E-state index is 0.767. The van der Waals surface area contributed by atoms with E-state index in [1.54, 1.807) is 23.5 Å². The molecule has 3 aromatic heterocycles. The van der Waals surface area contributed by atoms with Crippen LogP contribution in [0.3, 0.4) is 0 Å². The molecule has 0 aromatic carbocycles. The van der Waals surface area contributed by atoms with Crippen LogP contribution in [0.1, 0.15) is 23.8 Å². The van der Waals surface area contributed by atoms with E-state index in [9.17, 15) is 0 Å². The number of aryl methyl sites for hydroxylation is 1. The number of thiophene rings is 1. The van der Waals surface area contributed by atoms with Crippen molar-refractivity contribution in [2.75, 3.05) is 12.0 Å². The van der Waals surface area contributed by atoms with E-state index in [1.807, 2.05) is 17.4 Å². The number of thioether (sulfide) groups is 2. The van der Waals surface area contributed by atoms with Gasteiger partial charge in [0, 0.05) is 10.6 Å². The van der Waals surface area contributed by atoms with Crippen LogP contribution in [0, 0.1) is 5.92 Å². The quantitative estimate of drug-likeness (QED) is 0.389. The lowest BCUT2D eigenvalue weighted by atomic mass is 9.89. The maximum atomic E-state index is 4.92. The van der Waals surface area contributed by atoms with Crippen molar-refractivity contribution in [1.29, 1.82) is 0 Å².